The summed E-state index contributed by atoms with van der Waals surface area (Å²) in [5.41, 5.74) is 0.573. The number of carbonyl (C=O) groups is 1. The van der Waals surface area contributed by atoms with Gasteiger partial charge in [-0.1, -0.05) is 0 Å². The third kappa shape index (κ3) is 1.35. The lowest BCUT2D eigenvalue weighted by Gasteiger charge is -2.13. The number of nitriles is 1. The number of ether oxygens (including phenoxy) is 1. The molecule has 1 amide bonds. The van der Waals surface area contributed by atoms with Crippen molar-refractivity contribution in [2.45, 2.75) is 6.92 Å². The van der Waals surface area contributed by atoms with Crippen LogP contribution in [-0.4, -0.2) is 18.7 Å². The summed E-state index contributed by atoms with van der Waals surface area (Å²) < 4.78 is 4.87. The van der Waals surface area contributed by atoms with Crippen LogP contribution in [0.1, 0.15) is 6.92 Å². The molecule has 0 aromatic rings. The van der Waals surface area contributed by atoms with Crippen molar-refractivity contribution in [1.82, 2.24) is 0 Å². The molecular formula is C8H8N2O2. The summed E-state index contributed by atoms with van der Waals surface area (Å²) in [4.78, 5) is 14.7. The molecule has 1 aliphatic rings. The van der Waals surface area contributed by atoms with Crippen molar-refractivity contribution in [3.63, 3.8) is 0 Å². The van der Waals surface area contributed by atoms with E-state index in [0.29, 0.717) is 11.5 Å². The fraction of sp³-hybridized carbons (Fsp3) is 0.375. The molecule has 1 atom stereocenters. The predicted octanol–water partition coefficient (Wildman–Crippen LogP) is 0.658. The summed E-state index contributed by atoms with van der Waals surface area (Å²) in [6.45, 7) is 1.69. The lowest BCUT2D eigenvalue weighted by Crippen LogP contribution is -2.20. The number of methoxy groups -OCH3 is 1. The maximum absolute atomic E-state index is 11.1. The largest absolute Gasteiger partial charge is 0.499 e. The highest BCUT2D eigenvalue weighted by molar-refractivity contribution is 6.06. The Kier molecular flexibility index (Phi) is 2.24. The standard InChI is InChI=1S/C8H8N2O2/c1-5-3-7(12-2)6(4-9)8(11)10-5/h3,6H,1-2H3. The third-order valence-electron chi connectivity index (χ3n) is 1.53. The fourth-order valence-electron chi connectivity index (χ4n) is 0.977. The molecule has 0 spiro atoms. The molecule has 1 unspecified atom stereocenters. The van der Waals surface area contributed by atoms with Crippen molar-refractivity contribution in [3.8, 4) is 6.07 Å². The van der Waals surface area contributed by atoms with Gasteiger partial charge < -0.3 is 4.74 Å². The molecule has 0 N–H and O–H groups in total. The molecule has 0 bridgehead atoms. The van der Waals surface area contributed by atoms with Crippen LogP contribution in [0, 0.1) is 17.2 Å². The lowest BCUT2D eigenvalue weighted by molar-refractivity contribution is -0.120. The number of aliphatic imine (C=N–C) groups is 1. The second-order valence-electron chi connectivity index (χ2n) is 2.40. The molecule has 0 aliphatic carbocycles. The summed E-state index contributed by atoms with van der Waals surface area (Å²) >= 11 is 0. The van der Waals surface area contributed by atoms with E-state index in [9.17, 15) is 4.79 Å². The van der Waals surface area contributed by atoms with E-state index in [0.717, 1.165) is 0 Å². The minimum Gasteiger partial charge on any atom is -0.499 e. The summed E-state index contributed by atoms with van der Waals surface area (Å²) in [6.07, 6.45) is 1.59. The topological polar surface area (TPSA) is 62.4 Å². The van der Waals surface area contributed by atoms with E-state index < -0.39 is 11.8 Å². The number of rotatable bonds is 1. The molecule has 0 aromatic heterocycles. The second-order valence-corrected chi connectivity index (χ2v) is 2.40. The van der Waals surface area contributed by atoms with E-state index in [-0.39, 0.29) is 0 Å². The van der Waals surface area contributed by atoms with Gasteiger partial charge in [0.05, 0.1) is 13.2 Å². The monoisotopic (exact) mass is 164 g/mol. The zero-order valence-corrected chi connectivity index (χ0v) is 6.87. The highest BCUT2D eigenvalue weighted by Crippen LogP contribution is 2.17. The van der Waals surface area contributed by atoms with Gasteiger partial charge in [-0.25, -0.2) is 4.99 Å². The molecule has 0 saturated heterocycles. The van der Waals surface area contributed by atoms with Crippen molar-refractivity contribution in [3.05, 3.63) is 11.8 Å². The van der Waals surface area contributed by atoms with Crippen LogP contribution < -0.4 is 0 Å². The molecule has 0 aromatic carbocycles. The van der Waals surface area contributed by atoms with E-state index in [4.69, 9.17) is 10.00 Å². The average molecular weight is 164 g/mol. The minimum absolute atomic E-state index is 0.370. The first-order chi connectivity index (χ1) is 5.69. The van der Waals surface area contributed by atoms with Crippen LogP contribution in [0.5, 0.6) is 0 Å². The van der Waals surface area contributed by atoms with Crippen molar-refractivity contribution in [2.75, 3.05) is 7.11 Å². The van der Waals surface area contributed by atoms with Crippen LogP contribution in [0.15, 0.2) is 16.8 Å². The first-order valence-corrected chi connectivity index (χ1v) is 3.43. The van der Waals surface area contributed by atoms with E-state index in [2.05, 4.69) is 4.99 Å². The summed E-state index contributed by atoms with van der Waals surface area (Å²) in [7, 11) is 1.43. The van der Waals surface area contributed by atoms with Gasteiger partial charge in [0.1, 0.15) is 5.76 Å². The zero-order chi connectivity index (χ0) is 9.14. The number of dihydropyridines is 1. The first-order valence-electron chi connectivity index (χ1n) is 3.43. The Morgan fingerprint density at radius 2 is 2.42 bits per heavy atom. The molecule has 1 aliphatic heterocycles. The maximum Gasteiger partial charge on any atom is 0.271 e. The molecule has 4 nitrogen and oxygen atoms in total. The molecule has 4 heteroatoms. The van der Waals surface area contributed by atoms with E-state index in [1.54, 1.807) is 13.0 Å². The van der Waals surface area contributed by atoms with Gasteiger partial charge in [-0.15, -0.1) is 0 Å². The summed E-state index contributed by atoms with van der Waals surface area (Å²) in [5.74, 6) is -0.942. The van der Waals surface area contributed by atoms with Crippen LogP contribution in [0.4, 0.5) is 0 Å². The number of allylic oxidation sites excluding steroid dienone is 1. The van der Waals surface area contributed by atoms with Gasteiger partial charge in [-0.2, -0.15) is 5.26 Å². The molecule has 1 heterocycles. The van der Waals surface area contributed by atoms with Crippen LogP contribution in [0.25, 0.3) is 0 Å². The SMILES string of the molecule is COC1=CC(C)=NC(=O)C1C#N. The Morgan fingerprint density at radius 1 is 1.75 bits per heavy atom. The number of carbonyl (C=O) groups excluding carboxylic acids is 1. The van der Waals surface area contributed by atoms with Gasteiger partial charge in [0.25, 0.3) is 5.91 Å². The highest BCUT2D eigenvalue weighted by Gasteiger charge is 2.26. The van der Waals surface area contributed by atoms with Crippen LogP contribution in [0.3, 0.4) is 0 Å². The van der Waals surface area contributed by atoms with Gasteiger partial charge in [0.15, 0.2) is 5.92 Å². The third-order valence-corrected chi connectivity index (χ3v) is 1.53. The molecule has 0 radical (unpaired) electrons. The molecule has 12 heavy (non-hydrogen) atoms. The zero-order valence-electron chi connectivity index (χ0n) is 6.87. The Bertz CT molecular complexity index is 310. The van der Waals surface area contributed by atoms with Gasteiger partial charge in [0.2, 0.25) is 0 Å². The Hall–Kier alpha value is -1.63. The van der Waals surface area contributed by atoms with Gasteiger partial charge in [-0.05, 0) is 13.0 Å². The normalized spacial score (nSPS) is 22.4. The number of hydrogen-bond acceptors (Lipinski definition) is 3. The van der Waals surface area contributed by atoms with Crippen LogP contribution in [0.2, 0.25) is 0 Å². The van der Waals surface area contributed by atoms with Crippen molar-refractivity contribution in [2.24, 2.45) is 10.9 Å². The summed E-state index contributed by atoms with van der Waals surface area (Å²) in [6, 6.07) is 1.83. The predicted molar refractivity (Wildman–Crippen MR) is 42.3 cm³/mol. The Labute approximate surface area is 70.2 Å². The van der Waals surface area contributed by atoms with Crippen LogP contribution >= 0.6 is 0 Å². The van der Waals surface area contributed by atoms with Gasteiger partial charge >= 0.3 is 0 Å². The fourth-order valence-corrected chi connectivity index (χ4v) is 0.977. The molecule has 0 fully saturated rings. The van der Waals surface area contributed by atoms with Crippen LogP contribution in [-0.2, 0) is 9.53 Å². The van der Waals surface area contributed by atoms with E-state index in [1.165, 1.54) is 7.11 Å². The van der Waals surface area contributed by atoms with E-state index >= 15 is 0 Å². The quantitative estimate of drug-likeness (QED) is 0.571. The lowest BCUT2D eigenvalue weighted by atomic mass is 10.0. The van der Waals surface area contributed by atoms with Gasteiger partial charge in [0, 0.05) is 5.71 Å². The molecule has 0 saturated carbocycles. The second kappa shape index (κ2) is 3.18. The van der Waals surface area contributed by atoms with Crippen molar-refractivity contribution < 1.29 is 9.53 Å². The highest BCUT2D eigenvalue weighted by atomic mass is 16.5. The first kappa shape index (κ1) is 8.47. The minimum atomic E-state index is -0.862. The molecular weight excluding hydrogens is 156 g/mol. The number of hydrogen-bond donors (Lipinski definition) is 0. The number of amides is 1. The van der Waals surface area contributed by atoms with Gasteiger partial charge in [-0.3, -0.25) is 4.79 Å². The van der Waals surface area contributed by atoms with Crippen molar-refractivity contribution >= 4 is 11.6 Å². The summed E-state index contributed by atoms with van der Waals surface area (Å²) in [5, 5.41) is 8.59. The number of nitrogens with zero attached hydrogens (tertiary/aromatic N) is 2. The average Bonchev–Trinajstić information content (AvgIpc) is 2.03. The Balaban J connectivity index is 3.03. The van der Waals surface area contributed by atoms with E-state index in [1.807, 2.05) is 6.07 Å². The molecule has 62 valence electrons. The Morgan fingerprint density at radius 3 is 2.92 bits per heavy atom. The molecule has 1 rings (SSSR count). The van der Waals surface area contributed by atoms with Crippen molar-refractivity contribution in [1.29, 1.82) is 5.26 Å². The maximum atomic E-state index is 11.1. The smallest absolute Gasteiger partial charge is 0.271 e.